The van der Waals surface area contributed by atoms with Crippen LogP contribution in [0.4, 0.5) is 5.82 Å². The average Bonchev–Trinajstić information content (AvgIpc) is 2.92. The van der Waals surface area contributed by atoms with Gasteiger partial charge < -0.3 is 10.1 Å². The maximum atomic E-state index is 13.1. The van der Waals surface area contributed by atoms with Gasteiger partial charge in [-0.25, -0.2) is 4.98 Å². The molecular formula is C19H22N4O3S2. The van der Waals surface area contributed by atoms with Gasteiger partial charge in [-0.2, -0.15) is 0 Å². The van der Waals surface area contributed by atoms with Gasteiger partial charge in [0.1, 0.15) is 15.8 Å². The van der Waals surface area contributed by atoms with Gasteiger partial charge in [-0.3, -0.25) is 18.9 Å². The van der Waals surface area contributed by atoms with Gasteiger partial charge >= 0.3 is 0 Å². The number of nitrogens with one attached hydrogen (secondary N) is 1. The number of hydrogen-bond donors (Lipinski definition) is 1. The summed E-state index contributed by atoms with van der Waals surface area (Å²) in [5, 5.41) is 3.13. The predicted molar refractivity (Wildman–Crippen MR) is 117 cm³/mol. The minimum Gasteiger partial charge on any atom is -0.383 e. The molecule has 9 heteroatoms. The van der Waals surface area contributed by atoms with Crippen molar-refractivity contribution in [2.45, 2.75) is 13.8 Å². The number of nitrogens with zero attached hydrogens (tertiary/aromatic N) is 3. The van der Waals surface area contributed by atoms with E-state index in [4.69, 9.17) is 17.0 Å². The number of thioether (sulfide) groups is 1. The number of pyridine rings is 1. The summed E-state index contributed by atoms with van der Waals surface area (Å²) in [7, 11) is 1.60. The van der Waals surface area contributed by atoms with Crippen LogP contribution in [0, 0.1) is 5.92 Å². The number of aromatic nitrogens is 2. The molecule has 148 valence electrons. The number of anilines is 1. The molecule has 0 bridgehead atoms. The molecule has 1 N–H and O–H groups in total. The predicted octanol–water partition coefficient (Wildman–Crippen LogP) is 2.61. The minimum atomic E-state index is -0.250. The summed E-state index contributed by atoms with van der Waals surface area (Å²) in [5.74, 6) is 0.535. The smallest absolute Gasteiger partial charge is 0.267 e. The van der Waals surface area contributed by atoms with Crippen LogP contribution < -0.4 is 10.9 Å². The van der Waals surface area contributed by atoms with Crippen LogP contribution in [-0.4, -0.2) is 51.3 Å². The van der Waals surface area contributed by atoms with Gasteiger partial charge in [0.2, 0.25) is 0 Å². The second kappa shape index (κ2) is 8.85. The first-order valence-electron chi connectivity index (χ1n) is 8.92. The lowest BCUT2D eigenvalue weighted by Gasteiger charge is -2.16. The standard InChI is InChI=1S/C19H22N4O3S2/c1-12(2)11-23-18(25)14(28-19(23)27)10-13-16(20-7-9-26-3)21-15-6-4-5-8-22(15)17(13)24/h4-6,8,10,12,20H,7,9,11H2,1-3H3/b14-10+. The number of carbonyl (C=O) groups excluding carboxylic acids is 1. The number of ether oxygens (including phenoxy) is 1. The van der Waals surface area contributed by atoms with Crippen LogP contribution in [0.2, 0.25) is 0 Å². The van der Waals surface area contributed by atoms with Crippen LogP contribution in [-0.2, 0) is 9.53 Å². The first-order valence-corrected chi connectivity index (χ1v) is 10.1. The third-order valence-electron chi connectivity index (χ3n) is 4.06. The van der Waals surface area contributed by atoms with Crippen LogP contribution >= 0.6 is 24.0 Å². The van der Waals surface area contributed by atoms with Crippen molar-refractivity contribution in [1.82, 2.24) is 14.3 Å². The third-order valence-corrected chi connectivity index (χ3v) is 5.44. The second-order valence-corrected chi connectivity index (χ2v) is 8.39. The van der Waals surface area contributed by atoms with E-state index in [0.29, 0.717) is 51.9 Å². The lowest BCUT2D eigenvalue weighted by atomic mass is 10.2. The molecule has 28 heavy (non-hydrogen) atoms. The number of methoxy groups -OCH3 is 1. The Morgan fingerprint density at radius 2 is 2.14 bits per heavy atom. The molecule has 2 aromatic rings. The Labute approximate surface area is 172 Å². The topological polar surface area (TPSA) is 75.9 Å². The molecule has 0 atom stereocenters. The lowest BCUT2D eigenvalue weighted by molar-refractivity contribution is -0.122. The van der Waals surface area contributed by atoms with Gasteiger partial charge in [-0.05, 0) is 24.1 Å². The molecular weight excluding hydrogens is 396 g/mol. The van der Waals surface area contributed by atoms with Gasteiger partial charge in [0.15, 0.2) is 0 Å². The van der Waals surface area contributed by atoms with E-state index in [2.05, 4.69) is 10.3 Å². The molecule has 1 aliphatic rings. The zero-order valence-electron chi connectivity index (χ0n) is 16.0. The van der Waals surface area contributed by atoms with E-state index in [1.54, 1.807) is 36.4 Å². The van der Waals surface area contributed by atoms with E-state index < -0.39 is 0 Å². The Morgan fingerprint density at radius 3 is 2.86 bits per heavy atom. The zero-order chi connectivity index (χ0) is 20.3. The van der Waals surface area contributed by atoms with Gasteiger partial charge in [0.25, 0.3) is 11.5 Å². The Bertz CT molecular complexity index is 1000. The molecule has 1 aliphatic heterocycles. The molecule has 0 saturated carbocycles. The van der Waals surface area contributed by atoms with E-state index in [1.165, 1.54) is 16.2 Å². The van der Waals surface area contributed by atoms with Gasteiger partial charge in [-0.15, -0.1) is 0 Å². The fourth-order valence-electron chi connectivity index (χ4n) is 2.79. The highest BCUT2D eigenvalue weighted by atomic mass is 32.2. The summed E-state index contributed by atoms with van der Waals surface area (Å²) in [6.07, 6.45) is 3.24. The molecule has 2 aromatic heterocycles. The van der Waals surface area contributed by atoms with E-state index in [1.807, 2.05) is 19.9 Å². The van der Waals surface area contributed by atoms with Crippen LogP contribution in [0.3, 0.4) is 0 Å². The average molecular weight is 419 g/mol. The number of hydrogen-bond acceptors (Lipinski definition) is 7. The summed E-state index contributed by atoms with van der Waals surface area (Å²) in [6, 6.07) is 5.34. The third kappa shape index (κ3) is 4.26. The van der Waals surface area contributed by atoms with E-state index in [9.17, 15) is 9.59 Å². The highest BCUT2D eigenvalue weighted by molar-refractivity contribution is 8.26. The van der Waals surface area contributed by atoms with E-state index in [0.717, 1.165) is 0 Å². The molecule has 0 unspecified atom stereocenters. The van der Waals surface area contributed by atoms with Gasteiger partial charge in [-0.1, -0.05) is 43.9 Å². The molecule has 7 nitrogen and oxygen atoms in total. The monoisotopic (exact) mass is 418 g/mol. The normalized spacial score (nSPS) is 16.0. The van der Waals surface area contributed by atoms with Crippen molar-refractivity contribution >= 4 is 51.7 Å². The van der Waals surface area contributed by atoms with Crippen molar-refractivity contribution in [3.05, 3.63) is 45.2 Å². The Morgan fingerprint density at radius 1 is 1.36 bits per heavy atom. The summed E-state index contributed by atoms with van der Waals surface area (Å²) in [4.78, 5) is 32.4. The number of carbonyl (C=O) groups is 1. The van der Waals surface area contributed by atoms with Crippen LogP contribution in [0.1, 0.15) is 19.4 Å². The SMILES string of the molecule is COCCNc1nc2ccccn2c(=O)c1/C=C1/SC(=S)N(CC(C)C)C1=O. The van der Waals surface area contributed by atoms with Crippen molar-refractivity contribution in [2.24, 2.45) is 5.92 Å². The van der Waals surface area contributed by atoms with Gasteiger partial charge in [0, 0.05) is 26.4 Å². The summed E-state index contributed by atoms with van der Waals surface area (Å²) in [5.41, 5.74) is 0.599. The van der Waals surface area contributed by atoms with Crippen LogP contribution in [0.5, 0.6) is 0 Å². The van der Waals surface area contributed by atoms with Crippen molar-refractivity contribution in [2.75, 3.05) is 32.1 Å². The molecule has 3 rings (SSSR count). The minimum absolute atomic E-state index is 0.177. The molecule has 0 radical (unpaired) electrons. The van der Waals surface area contributed by atoms with Crippen molar-refractivity contribution < 1.29 is 9.53 Å². The van der Waals surface area contributed by atoms with Crippen LogP contribution in [0.15, 0.2) is 34.1 Å². The van der Waals surface area contributed by atoms with Crippen molar-refractivity contribution in [3.63, 3.8) is 0 Å². The highest BCUT2D eigenvalue weighted by Gasteiger charge is 2.32. The van der Waals surface area contributed by atoms with Crippen molar-refractivity contribution in [1.29, 1.82) is 0 Å². The molecule has 0 aromatic carbocycles. The molecule has 1 saturated heterocycles. The quantitative estimate of drug-likeness (QED) is 0.421. The fraction of sp³-hybridized carbons (Fsp3) is 0.368. The Balaban J connectivity index is 2.06. The molecule has 3 heterocycles. The Hall–Kier alpha value is -2.23. The first-order chi connectivity index (χ1) is 13.4. The zero-order valence-corrected chi connectivity index (χ0v) is 17.6. The summed E-state index contributed by atoms with van der Waals surface area (Å²) < 4.78 is 7.03. The maximum Gasteiger partial charge on any atom is 0.267 e. The first kappa shape index (κ1) is 20.5. The fourth-order valence-corrected chi connectivity index (χ4v) is 4.05. The highest BCUT2D eigenvalue weighted by Crippen LogP contribution is 2.33. The molecule has 1 amide bonds. The van der Waals surface area contributed by atoms with Crippen molar-refractivity contribution in [3.8, 4) is 0 Å². The van der Waals surface area contributed by atoms with Gasteiger partial charge in [0.05, 0.1) is 17.1 Å². The van der Waals surface area contributed by atoms with Crippen LogP contribution in [0.25, 0.3) is 11.7 Å². The number of fused-ring (bicyclic) bond motifs is 1. The molecule has 0 aliphatic carbocycles. The number of rotatable bonds is 7. The molecule has 0 spiro atoms. The largest absolute Gasteiger partial charge is 0.383 e. The molecule has 1 fully saturated rings. The van der Waals surface area contributed by atoms with E-state index in [-0.39, 0.29) is 11.5 Å². The Kier molecular flexibility index (Phi) is 6.48. The lowest BCUT2D eigenvalue weighted by Crippen LogP contribution is -2.31. The number of amides is 1. The summed E-state index contributed by atoms with van der Waals surface area (Å²) >= 11 is 6.56. The maximum absolute atomic E-state index is 13.1. The van der Waals surface area contributed by atoms with E-state index >= 15 is 0 Å². The summed E-state index contributed by atoms with van der Waals surface area (Å²) in [6.45, 7) is 5.56. The number of thiocarbonyl (C=S) groups is 1. The second-order valence-electron chi connectivity index (χ2n) is 6.71.